The molecule has 0 radical (unpaired) electrons. The number of piperidine rings is 1. The molecule has 1 N–H and O–H groups in total. The molecule has 2 aliphatic rings. The van der Waals surface area contributed by atoms with Gasteiger partial charge in [0.15, 0.2) is 0 Å². The van der Waals surface area contributed by atoms with Crippen molar-refractivity contribution in [2.45, 2.75) is 44.2 Å². The van der Waals surface area contributed by atoms with Crippen molar-refractivity contribution in [2.75, 3.05) is 49.5 Å². The van der Waals surface area contributed by atoms with Gasteiger partial charge < -0.3 is 15.0 Å². The molecule has 0 bridgehead atoms. The van der Waals surface area contributed by atoms with E-state index in [0.29, 0.717) is 55.5 Å². The SMILES string of the molecule is CC(=O)N1CCN(S(=O)(=O)c2ccc(Oc3ccc(CN4CCC(N(C(=O)Nc5ccc(C)nc5)c5cccc(F)c5)CC4)cn3)cc2)CC1. The summed E-state index contributed by atoms with van der Waals surface area (Å²) in [6, 6.07) is 19.2. The highest BCUT2D eigenvalue weighted by Crippen LogP contribution is 2.28. The summed E-state index contributed by atoms with van der Waals surface area (Å²) in [5.41, 5.74) is 2.91. The summed E-state index contributed by atoms with van der Waals surface area (Å²) in [5, 5.41) is 2.91. The molecule has 12 nitrogen and oxygen atoms in total. The Hall–Kier alpha value is -4.92. The second kappa shape index (κ2) is 15.3. The molecule has 50 heavy (non-hydrogen) atoms. The Labute approximate surface area is 291 Å². The standard InChI is InChI=1S/C36H40FN7O5S/c1-26-6-8-30(24-38-26)40-36(46)44(32-5-3-4-29(37)22-32)31-14-16-41(17-15-31)25-28-7-13-35(39-23-28)49-33-9-11-34(12-10-33)50(47,48)43-20-18-42(19-21-43)27(2)45/h3-13,22-24,31H,14-21,25H2,1-2H3,(H,40,46). The first-order chi connectivity index (χ1) is 24.0. The van der Waals surface area contributed by atoms with Gasteiger partial charge >= 0.3 is 6.03 Å². The van der Waals surface area contributed by atoms with Crippen LogP contribution < -0.4 is 15.0 Å². The number of hydrogen-bond donors (Lipinski definition) is 1. The third-order valence-corrected chi connectivity index (χ3v) is 10.9. The van der Waals surface area contributed by atoms with E-state index in [4.69, 9.17) is 4.74 Å². The summed E-state index contributed by atoms with van der Waals surface area (Å²) in [4.78, 5) is 39.5. The fraction of sp³-hybridized carbons (Fsp3) is 0.333. The molecule has 2 saturated heterocycles. The second-order valence-electron chi connectivity index (χ2n) is 12.5. The molecule has 0 atom stereocenters. The van der Waals surface area contributed by atoms with Crippen LogP contribution >= 0.6 is 0 Å². The molecule has 0 unspecified atom stereocenters. The predicted octanol–water partition coefficient (Wildman–Crippen LogP) is 5.27. The lowest BCUT2D eigenvalue weighted by molar-refractivity contribution is -0.129. The molecule has 4 heterocycles. The number of aromatic nitrogens is 2. The Morgan fingerprint density at radius 2 is 1.66 bits per heavy atom. The number of anilines is 2. The Morgan fingerprint density at radius 1 is 0.920 bits per heavy atom. The number of aryl methyl sites for hydroxylation is 1. The van der Waals surface area contributed by atoms with Gasteiger partial charge in [0.2, 0.25) is 21.8 Å². The summed E-state index contributed by atoms with van der Waals surface area (Å²) in [6.45, 7) is 6.74. The van der Waals surface area contributed by atoms with E-state index < -0.39 is 15.8 Å². The van der Waals surface area contributed by atoms with E-state index in [1.165, 1.54) is 35.5 Å². The van der Waals surface area contributed by atoms with E-state index in [1.54, 1.807) is 58.6 Å². The number of likely N-dealkylation sites (tertiary alicyclic amines) is 1. The molecule has 2 aromatic carbocycles. The van der Waals surface area contributed by atoms with Gasteiger partial charge in [-0.15, -0.1) is 0 Å². The minimum Gasteiger partial charge on any atom is -0.439 e. The summed E-state index contributed by atoms with van der Waals surface area (Å²) >= 11 is 0. The Balaban J connectivity index is 1.02. The maximum Gasteiger partial charge on any atom is 0.326 e. The molecule has 0 spiro atoms. The number of carbonyl (C=O) groups is 2. The first-order valence-electron chi connectivity index (χ1n) is 16.5. The number of nitrogens with zero attached hydrogens (tertiary/aromatic N) is 6. The number of urea groups is 1. The van der Waals surface area contributed by atoms with Gasteiger partial charge in [0.05, 0.1) is 16.8 Å². The Kier molecular flexibility index (Phi) is 10.7. The monoisotopic (exact) mass is 701 g/mol. The number of amides is 3. The number of sulfonamides is 1. The van der Waals surface area contributed by atoms with Gasteiger partial charge in [0, 0.05) is 82.4 Å². The molecule has 2 fully saturated rings. The van der Waals surface area contributed by atoms with Crippen LogP contribution in [0.1, 0.15) is 31.0 Å². The third kappa shape index (κ3) is 8.44. The number of ether oxygens (including phenoxy) is 1. The molecule has 4 aromatic rings. The molecule has 2 aliphatic heterocycles. The summed E-state index contributed by atoms with van der Waals surface area (Å²) < 4.78 is 47.7. The maximum atomic E-state index is 14.2. The molecule has 0 aliphatic carbocycles. The van der Waals surface area contributed by atoms with Crippen molar-refractivity contribution >= 4 is 33.3 Å². The number of nitrogens with one attached hydrogen (secondary N) is 1. The van der Waals surface area contributed by atoms with Gasteiger partial charge in [0.25, 0.3) is 0 Å². The molecular formula is C36H40FN7O5S. The molecule has 0 saturated carbocycles. The van der Waals surface area contributed by atoms with Crippen LogP contribution in [-0.4, -0.2) is 89.7 Å². The zero-order valence-electron chi connectivity index (χ0n) is 28.0. The van der Waals surface area contributed by atoms with E-state index in [0.717, 1.165) is 24.3 Å². The lowest BCUT2D eigenvalue weighted by atomic mass is 10.0. The number of benzene rings is 2. The zero-order chi connectivity index (χ0) is 35.3. The smallest absolute Gasteiger partial charge is 0.326 e. The molecule has 6 rings (SSSR count). The fourth-order valence-electron chi connectivity index (χ4n) is 6.20. The van der Waals surface area contributed by atoms with Crippen LogP contribution in [0.25, 0.3) is 0 Å². The number of carbonyl (C=O) groups excluding carboxylic acids is 2. The zero-order valence-corrected chi connectivity index (χ0v) is 28.9. The number of hydrogen-bond acceptors (Lipinski definition) is 8. The number of rotatable bonds is 9. The van der Waals surface area contributed by atoms with Crippen LogP contribution in [-0.2, 0) is 21.4 Å². The molecular weight excluding hydrogens is 662 g/mol. The fourth-order valence-corrected chi connectivity index (χ4v) is 7.62. The largest absolute Gasteiger partial charge is 0.439 e. The molecule has 3 amide bonds. The first kappa shape index (κ1) is 34.9. The van der Waals surface area contributed by atoms with Crippen molar-refractivity contribution in [3.8, 4) is 11.6 Å². The lowest BCUT2D eigenvalue weighted by Crippen LogP contribution is -2.49. The van der Waals surface area contributed by atoms with Crippen molar-refractivity contribution in [1.82, 2.24) is 24.1 Å². The normalized spacial score (nSPS) is 16.2. The van der Waals surface area contributed by atoms with Gasteiger partial charge in [0.1, 0.15) is 11.6 Å². The van der Waals surface area contributed by atoms with Crippen molar-refractivity contribution < 1.29 is 27.1 Å². The average Bonchev–Trinajstić information content (AvgIpc) is 3.11. The number of halogens is 1. The quantitative estimate of drug-likeness (QED) is 0.250. The Morgan fingerprint density at radius 3 is 2.28 bits per heavy atom. The van der Waals surface area contributed by atoms with Crippen LogP contribution in [0.3, 0.4) is 0 Å². The van der Waals surface area contributed by atoms with Crippen LogP contribution in [0.2, 0.25) is 0 Å². The number of piperazine rings is 1. The van der Waals surface area contributed by atoms with E-state index in [2.05, 4.69) is 20.2 Å². The van der Waals surface area contributed by atoms with E-state index >= 15 is 0 Å². The average molecular weight is 702 g/mol. The van der Waals surface area contributed by atoms with Gasteiger partial charge in [-0.3, -0.25) is 19.6 Å². The van der Waals surface area contributed by atoms with Crippen molar-refractivity contribution in [3.05, 3.63) is 102 Å². The minimum atomic E-state index is -3.68. The van der Waals surface area contributed by atoms with Crippen LogP contribution in [0.5, 0.6) is 11.6 Å². The third-order valence-electron chi connectivity index (χ3n) is 8.96. The van der Waals surface area contributed by atoms with Crippen LogP contribution in [0.15, 0.2) is 90.1 Å². The van der Waals surface area contributed by atoms with Crippen LogP contribution in [0.4, 0.5) is 20.6 Å². The summed E-state index contributed by atoms with van der Waals surface area (Å²) in [6.07, 6.45) is 4.76. The highest BCUT2D eigenvalue weighted by atomic mass is 32.2. The maximum absolute atomic E-state index is 14.2. The Bertz CT molecular complexity index is 1890. The summed E-state index contributed by atoms with van der Waals surface area (Å²) in [5.74, 6) is 0.370. The highest BCUT2D eigenvalue weighted by molar-refractivity contribution is 7.89. The summed E-state index contributed by atoms with van der Waals surface area (Å²) in [7, 11) is -3.68. The topological polar surface area (TPSA) is 128 Å². The van der Waals surface area contributed by atoms with Crippen molar-refractivity contribution in [2.24, 2.45) is 0 Å². The van der Waals surface area contributed by atoms with E-state index in [9.17, 15) is 22.4 Å². The van der Waals surface area contributed by atoms with E-state index in [1.807, 2.05) is 19.1 Å². The van der Waals surface area contributed by atoms with Gasteiger partial charge in [-0.2, -0.15) is 4.31 Å². The lowest BCUT2D eigenvalue weighted by Gasteiger charge is -2.38. The molecule has 262 valence electrons. The second-order valence-corrected chi connectivity index (χ2v) is 14.4. The van der Waals surface area contributed by atoms with Crippen LogP contribution in [0, 0.1) is 12.7 Å². The van der Waals surface area contributed by atoms with Crippen molar-refractivity contribution in [3.63, 3.8) is 0 Å². The van der Waals surface area contributed by atoms with Gasteiger partial charge in [-0.1, -0.05) is 12.1 Å². The first-order valence-corrected chi connectivity index (χ1v) is 18.0. The highest BCUT2D eigenvalue weighted by Gasteiger charge is 2.31. The number of pyridine rings is 2. The van der Waals surface area contributed by atoms with Crippen molar-refractivity contribution in [1.29, 1.82) is 0 Å². The minimum absolute atomic E-state index is 0.0593. The molecule has 14 heteroatoms. The van der Waals surface area contributed by atoms with Gasteiger partial charge in [-0.25, -0.2) is 22.6 Å². The van der Waals surface area contributed by atoms with Gasteiger partial charge in [-0.05, 0) is 79.9 Å². The predicted molar refractivity (Wildman–Crippen MR) is 187 cm³/mol. The molecule has 2 aromatic heterocycles. The van der Waals surface area contributed by atoms with E-state index in [-0.39, 0.29) is 36.0 Å².